The molecule has 0 saturated carbocycles. The van der Waals surface area contributed by atoms with Crippen molar-refractivity contribution in [3.63, 3.8) is 0 Å². The number of ether oxygens (including phenoxy) is 2. The second kappa shape index (κ2) is 11.1. The van der Waals surface area contributed by atoms with Gasteiger partial charge < -0.3 is 30.3 Å². The van der Waals surface area contributed by atoms with Gasteiger partial charge in [-0.05, 0) is 44.2 Å². The van der Waals surface area contributed by atoms with E-state index < -0.39 is 5.91 Å². The zero-order valence-corrected chi connectivity index (χ0v) is 22.6. The quantitative estimate of drug-likeness (QED) is 0.356. The van der Waals surface area contributed by atoms with Crippen LogP contribution < -0.4 is 20.7 Å². The first kappa shape index (κ1) is 25.5. The lowest BCUT2D eigenvalue weighted by molar-refractivity contribution is 0.1000. The number of fused-ring (bicyclic) bond motifs is 1. The van der Waals surface area contributed by atoms with Gasteiger partial charge >= 0.3 is 0 Å². The number of morpholine rings is 1. The third-order valence-electron chi connectivity index (χ3n) is 7.14. The summed E-state index contributed by atoms with van der Waals surface area (Å²) in [6, 6.07) is 9.54. The molecule has 4 aromatic rings. The van der Waals surface area contributed by atoms with E-state index in [1.54, 1.807) is 29.8 Å². The van der Waals surface area contributed by atoms with Crippen molar-refractivity contribution in [2.75, 3.05) is 56.7 Å². The Kier molecular flexibility index (Phi) is 7.27. The Balaban J connectivity index is 1.32. The monoisotopic (exact) mass is 545 g/mol. The van der Waals surface area contributed by atoms with Crippen molar-refractivity contribution in [1.29, 1.82) is 0 Å². The number of nitrogens with zero attached hydrogens (tertiary/aromatic N) is 5. The molecule has 2 aromatic heterocycles. The van der Waals surface area contributed by atoms with E-state index in [9.17, 15) is 4.79 Å². The first-order valence-corrected chi connectivity index (χ1v) is 14.0. The number of thiazole rings is 1. The van der Waals surface area contributed by atoms with Gasteiger partial charge in [0, 0.05) is 72.3 Å². The van der Waals surface area contributed by atoms with Crippen LogP contribution in [-0.4, -0.2) is 78.3 Å². The highest BCUT2D eigenvalue weighted by molar-refractivity contribution is 7.13. The fourth-order valence-corrected chi connectivity index (χ4v) is 5.64. The predicted molar refractivity (Wildman–Crippen MR) is 153 cm³/mol. The zero-order valence-electron chi connectivity index (χ0n) is 21.8. The minimum absolute atomic E-state index is 0.145. The lowest BCUT2D eigenvalue weighted by Gasteiger charge is -2.30. The summed E-state index contributed by atoms with van der Waals surface area (Å²) in [5.41, 5.74) is 9.36. The summed E-state index contributed by atoms with van der Waals surface area (Å²) in [5, 5.41) is 7.03. The van der Waals surface area contributed by atoms with E-state index in [2.05, 4.69) is 32.1 Å². The largest absolute Gasteiger partial charge is 0.490 e. The van der Waals surface area contributed by atoms with Crippen LogP contribution in [0.15, 0.2) is 48.1 Å². The van der Waals surface area contributed by atoms with Crippen molar-refractivity contribution in [2.24, 2.45) is 5.73 Å². The number of rotatable bonds is 7. The highest BCUT2D eigenvalue weighted by Gasteiger charge is 2.21. The molecule has 10 nitrogen and oxygen atoms in total. The molecule has 4 heterocycles. The van der Waals surface area contributed by atoms with Gasteiger partial charge in [-0.2, -0.15) is 0 Å². The third kappa shape index (κ3) is 5.80. The van der Waals surface area contributed by atoms with E-state index in [4.69, 9.17) is 20.2 Å². The number of nitrogens with two attached hydrogens (primary N) is 1. The van der Waals surface area contributed by atoms with Crippen LogP contribution in [0.25, 0.3) is 21.5 Å². The molecule has 6 rings (SSSR count). The number of hydrogen-bond acceptors (Lipinski definition) is 10. The molecule has 11 heteroatoms. The van der Waals surface area contributed by atoms with E-state index in [-0.39, 0.29) is 6.10 Å². The van der Waals surface area contributed by atoms with E-state index in [0.29, 0.717) is 30.4 Å². The van der Waals surface area contributed by atoms with Crippen LogP contribution in [-0.2, 0) is 4.74 Å². The highest BCUT2D eigenvalue weighted by Crippen LogP contribution is 2.36. The average molecular weight is 546 g/mol. The smallest absolute Gasteiger partial charge is 0.248 e. The molecule has 2 aliphatic heterocycles. The lowest BCUT2D eigenvalue weighted by atomic mass is 10.1. The molecule has 0 aliphatic carbocycles. The SMILES string of the molecule is CN1CCC(Oc2cc3nc(Nc4cc(C(N)=O)cc(N5CCOCC5)c4)ncc3cc2-c2nccs2)CC1. The van der Waals surface area contributed by atoms with Crippen LogP contribution in [0, 0.1) is 0 Å². The standard InChI is InChI=1S/C28H31N7O3S/c1-34-5-2-22(3-6-34)38-25-16-24-19(14-23(25)27-30-4-11-39-27)17-31-28(33-24)32-20-12-18(26(29)36)13-21(15-20)35-7-9-37-10-8-35/h4,11-17,22H,2-3,5-10H2,1H3,(H2,29,36)(H,31,32,33). The number of amides is 1. The van der Waals surface area contributed by atoms with Crippen LogP contribution in [0.5, 0.6) is 5.75 Å². The maximum absolute atomic E-state index is 12.1. The van der Waals surface area contributed by atoms with Gasteiger partial charge in [-0.3, -0.25) is 4.79 Å². The van der Waals surface area contributed by atoms with Crippen LogP contribution in [0.3, 0.4) is 0 Å². The number of aromatic nitrogens is 3. The van der Waals surface area contributed by atoms with Gasteiger partial charge in [0.05, 0.1) is 24.3 Å². The molecule has 3 N–H and O–H groups in total. The molecule has 0 atom stereocenters. The van der Waals surface area contributed by atoms with Gasteiger partial charge in [-0.25, -0.2) is 15.0 Å². The molecule has 0 bridgehead atoms. The van der Waals surface area contributed by atoms with Crippen LogP contribution in [0.2, 0.25) is 0 Å². The molecule has 2 fully saturated rings. The van der Waals surface area contributed by atoms with Gasteiger partial charge in [-0.15, -0.1) is 11.3 Å². The summed E-state index contributed by atoms with van der Waals surface area (Å²) in [4.78, 5) is 30.5. The van der Waals surface area contributed by atoms with Crippen molar-refractivity contribution in [3.8, 4) is 16.3 Å². The van der Waals surface area contributed by atoms with Gasteiger partial charge in [0.1, 0.15) is 16.9 Å². The number of carbonyl (C=O) groups is 1. The number of nitrogens with one attached hydrogen (secondary N) is 1. The van der Waals surface area contributed by atoms with Gasteiger partial charge in [0.2, 0.25) is 11.9 Å². The molecule has 2 saturated heterocycles. The van der Waals surface area contributed by atoms with Crippen molar-refractivity contribution >= 4 is 45.5 Å². The first-order chi connectivity index (χ1) is 19.0. The van der Waals surface area contributed by atoms with Crippen LogP contribution >= 0.6 is 11.3 Å². The lowest BCUT2D eigenvalue weighted by Crippen LogP contribution is -2.36. The summed E-state index contributed by atoms with van der Waals surface area (Å²) in [5.74, 6) is 0.712. The number of piperidine rings is 1. The maximum atomic E-state index is 12.1. The second-order valence-electron chi connectivity index (χ2n) is 9.92. The number of carbonyl (C=O) groups excluding carboxylic acids is 1. The summed E-state index contributed by atoms with van der Waals surface area (Å²) < 4.78 is 12.0. The number of likely N-dealkylation sites (tertiary alicyclic amines) is 1. The summed E-state index contributed by atoms with van der Waals surface area (Å²) in [6.07, 6.45) is 5.70. The van der Waals surface area contributed by atoms with Gasteiger partial charge in [0.25, 0.3) is 0 Å². The highest BCUT2D eigenvalue weighted by atomic mass is 32.1. The Morgan fingerprint density at radius 2 is 1.92 bits per heavy atom. The maximum Gasteiger partial charge on any atom is 0.248 e. The fourth-order valence-electron chi connectivity index (χ4n) is 4.98. The van der Waals surface area contributed by atoms with E-state index in [1.807, 2.05) is 29.6 Å². The van der Waals surface area contributed by atoms with Gasteiger partial charge in [0.15, 0.2) is 0 Å². The Labute approximate surface area is 230 Å². The normalized spacial score (nSPS) is 16.9. The fraction of sp³-hybridized carbons (Fsp3) is 0.357. The Morgan fingerprint density at radius 3 is 2.67 bits per heavy atom. The number of anilines is 3. The molecule has 39 heavy (non-hydrogen) atoms. The molecule has 1 amide bonds. The molecule has 2 aliphatic rings. The summed E-state index contributed by atoms with van der Waals surface area (Å²) in [6.45, 7) is 4.80. The van der Waals surface area contributed by atoms with Crippen molar-refractivity contribution in [2.45, 2.75) is 18.9 Å². The zero-order chi connectivity index (χ0) is 26.8. The molecular formula is C28H31N7O3S. The molecule has 202 valence electrons. The van der Waals surface area contributed by atoms with E-state index >= 15 is 0 Å². The average Bonchev–Trinajstić information content (AvgIpc) is 3.49. The van der Waals surface area contributed by atoms with Crippen molar-refractivity contribution < 1.29 is 14.3 Å². The number of hydrogen-bond donors (Lipinski definition) is 2. The Bertz CT molecular complexity index is 1470. The van der Waals surface area contributed by atoms with Crippen LogP contribution in [0.4, 0.5) is 17.3 Å². The first-order valence-electron chi connectivity index (χ1n) is 13.1. The number of primary amides is 1. The molecule has 0 radical (unpaired) electrons. The summed E-state index contributed by atoms with van der Waals surface area (Å²) in [7, 11) is 2.14. The number of benzene rings is 2. The van der Waals surface area contributed by atoms with E-state index in [1.165, 1.54) is 0 Å². The topological polar surface area (TPSA) is 119 Å². The third-order valence-corrected chi connectivity index (χ3v) is 7.94. The minimum Gasteiger partial charge on any atom is -0.490 e. The molecular weight excluding hydrogens is 514 g/mol. The summed E-state index contributed by atoms with van der Waals surface area (Å²) >= 11 is 1.58. The molecule has 0 unspecified atom stereocenters. The van der Waals surface area contributed by atoms with E-state index in [0.717, 1.165) is 71.9 Å². The Hall–Kier alpha value is -3.80. The second-order valence-corrected chi connectivity index (χ2v) is 10.8. The minimum atomic E-state index is -0.488. The van der Waals surface area contributed by atoms with Gasteiger partial charge in [-0.1, -0.05) is 0 Å². The van der Waals surface area contributed by atoms with Crippen molar-refractivity contribution in [1.82, 2.24) is 19.9 Å². The van der Waals surface area contributed by atoms with Crippen LogP contribution in [0.1, 0.15) is 23.2 Å². The predicted octanol–water partition coefficient (Wildman–Crippen LogP) is 3.91. The molecule has 2 aromatic carbocycles. The Morgan fingerprint density at radius 1 is 1.10 bits per heavy atom. The molecule has 0 spiro atoms. The van der Waals surface area contributed by atoms with Crippen molar-refractivity contribution in [3.05, 3.63) is 53.7 Å².